The number of cyclic esters (lactones) is 1. The van der Waals surface area contributed by atoms with Crippen LogP contribution in [0.2, 0.25) is 0 Å². The lowest BCUT2D eigenvalue weighted by molar-refractivity contribution is -0.138. The monoisotopic (exact) mass is 436 g/mol. The summed E-state index contributed by atoms with van der Waals surface area (Å²) in [6.07, 6.45) is 9.26. The molecule has 2 aromatic rings. The smallest absolute Gasteiger partial charge is 0.336 e. The van der Waals surface area contributed by atoms with Crippen LogP contribution in [0.15, 0.2) is 35.9 Å². The molecule has 1 atom stereocenters. The van der Waals surface area contributed by atoms with Crippen molar-refractivity contribution in [3.8, 4) is 5.69 Å². The fraction of sp³-hybridized carbons (Fsp3) is 0.565. The molecule has 1 saturated carbocycles. The zero-order valence-corrected chi connectivity index (χ0v) is 18.5. The second-order valence-electron chi connectivity index (χ2n) is 9.41. The Morgan fingerprint density at radius 3 is 2.66 bits per heavy atom. The van der Waals surface area contributed by atoms with E-state index in [1.54, 1.807) is 24.1 Å². The number of rotatable bonds is 5. The van der Waals surface area contributed by atoms with Crippen LogP contribution < -0.4 is 0 Å². The second-order valence-corrected chi connectivity index (χ2v) is 9.41. The fourth-order valence-corrected chi connectivity index (χ4v) is 5.48. The van der Waals surface area contributed by atoms with Gasteiger partial charge in [0, 0.05) is 12.2 Å². The van der Waals surface area contributed by atoms with E-state index < -0.39 is 0 Å². The van der Waals surface area contributed by atoms with Gasteiger partial charge < -0.3 is 9.64 Å². The Morgan fingerprint density at radius 1 is 1.22 bits per heavy atom. The predicted molar refractivity (Wildman–Crippen MR) is 114 cm³/mol. The topological polar surface area (TPSA) is 103 Å². The second kappa shape index (κ2) is 8.11. The van der Waals surface area contributed by atoms with E-state index in [1.165, 1.54) is 0 Å². The summed E-state index contributed by atoms with van der Waals surface area (Å²) in [4.78, 5) is 31.5. The molecule has 2 aromatic heterocycles. The molecule has 9 nitrogen and oxygen atoms in total. The van der Waals surface area contributed by atoms with Crippen molar-refractivity contribution in [1.29, 1.82) is 0 Å². The number of hydrogen-bond acceptors (Lipinski definition) is 7. The van der Waals surface area contributed by atoms with Crippen molar-refractivity contribution in [2.24, 2.45) is 11.3 Å². The van der Waals surface area contributed by atoms with Gasteiger partial charge in [-0.05, 0) is 79.8 Å². The first-order chi connectivity index (χ1) is 15.5. The van der Waals surface area contributed by atoms with Crippen LogP contribution in [0.5, 0.6) is 0 Å². The number of esters is 1. The molecule has 168 valence electrons. The van der Waals surface area contributed by atoms with Crippen LogP contribution in [0.3, 0.4) is 0 Å². The summed E-state index contributed by atoms with van der Waals surface area (Å²) >= 11 is 0. The predicted octanol–water partition coefficient (Wildman–Crippen LogP) is 2.79. The van der Waals surface area contributed by atoms with Crippen LogP contribution in [-0.4, -0.2) is 55.1 Å². The van der Waals surface area contributed by atoms with Gasteiger partial charge in [0.1, 0.15) is 12.9 Å². The molecule has 9 heteroatoms. The summed E-state index contributed by atoms with van der Waals surface area (Å²) in [6, 6.07) is 4.04. The number of tetrazole rings is 1. The van der Waals surface area contributed by atoms with Gasteiger partial charge in [-0.25, -0.2) is 4.79 Å². The largest absolute Gasteiger partial charge is 0.456 e. The highest BCUT2D eigenvalue weighted by atomic mass is 16.5. The van der Waals surface area contributed by atoms with Crippen LogP contribution in [0.25, 0.3) is 5.69 Å². The molecule has 3 aliphatic rings. The first-order valence-corrected chi connectivity index (χ1v) is 11.3. The zero-order chi connectivity index (χ0) is 22.3. The van der Waals surface area contributed by atoms with E-state index in [9.17, 15) is 9.59 Å². The lowest BCUT2D eigenvalue weighted by Crippen LogP contribution is -2.37. The number of ether oxygens (including phenoxy) is 1. The van der Waals surface area contributed by atoms with Crippen molar-refractivity contribution in [2.75, 3.05) is 13.2 Å². The maximum atomic E-state index is 13.3. The van der Waals surface area contributed by atoms with Gasteiger partial charge in [-0.1, -0.05) is 6.92 Å². The summed E-state index contributed by atoms with van der Waals surface area (Å²) in [5, 5.41) is 11.2. The molecule has 4 heterocycles. The van der Waals surface area contributed by atoms with Gasteiger partial charge >= 0.3 is 5.97 Å². The third-order valence-electron chi connectivity index (χ3n) is 7.56. The zero-order valence-electron chi connectivity index (χ0n) is 18.5. The Bertz CT molecular complexity index is 1040. The lowest BCUT2D eigenvalue weighted by Gasteiger charge is -2.36. The van der Waals surface area contributed by atoms with Crippen molar-refractivity contribution in [3.05, 3.63) is 41.6 Å². The van der Waals surface area contributed by atoms with Crippen molar-refractivity contribution in [1.82, 2.24) is 30.1 Å². The Labute approximate surface area is 186 Å². The van der Waals surface area contributed by atoms with E-state index in [1.807, 2.05) is 17.0 Å². The van der Waals surface area contributed by atoms with Crippen LogP contribution >= 0.6 is 0 Å². The third-order valence-corrected chi connectivity index (χ3v) is 7.56. The number of hydrogen-bond donors (Lipinski definition) is 0. The van der Waals surface area contributed by atoms with Gasteiger partial charge in [0.25, 0.3) is 0 Å². The number of likely N-dealkylation sites (tertiary alicyclic amines) is 1. The molecule has 0 aromatic carbocycles. The Hall–Kier alpha value is -3.10. The maximum Gasteiger partial charge on any atom is 0.336 e. The van der Waals surface area contributed by atoms with Gasteiger partial charge in [0.15, 0.2) is 0 Å². The molecule has 1 aliphatic carbocycles. The lowest BCUT2D eigenvalue weighted by atomic mass is 9.68. The summed E-state index contributed by atoms with van der Waals surface area (Å²) in [5.74, 6) is 0.834. The third kappa shape index (κ3) is 3.59. The van der Waals surface area contributed by atoms with Crippen LogP contribution in [0, 0.1) is 11.3 Å². The molecule has 2 fully saturated rings. The molecular weight excluding hydrogens is 408 g/mol. The number of nitrogens with zero attached hydrogens (tertiary/aromatic N) is 6. The standard InChI is InChI=1S/C23H28N6O3/c1-15(19-4-3-18(12-24-19)29-14-25-26-27-29)11-17-5-7-23(8-6-17)9-10-28(22(23)31)20-13-32-21(30)16(20)2/h3-4,12,14-15,17H,5-11,13H2,1-2H3/t15-,17?,23?/m0/s1. The highest BCUT2D eigenvalue weighted by molar-refractivity contribution is 5.94. The van der Waals surface area contributed by atoms with Gasteiger partial charge in [0.05, 0.1) is 28.6 Å². The molecule has 0 radical (unpaired) electrons. The Balaban J connectivity index is 1.18. The van der Waals surface area contributed by atoms with Crippen molar-refractivity contribution in [3.63, 3.8) is 0 Å². The van der Waals surface area contributed by atoms with Crippen molar-refractivity contribution < 1.29 is 14.3 Å². The van der Waals surface area contributed by atoms with E-state index in [2.05, 4.69) is 27.4 Å². The molecule has 2 aliphatic heterocycles. The molecule has 0 unspecified atom stereocenters. The van der Waals surface area contributed by atoms with E-state index in [4.69, 9.17) is 4.74 Å². The van der Waals surface area contributed by atoms with Crippen LogP contribution in [0.1, 0.15) is 64.0 Å². The minimum atomic E-state index is -0.300. The maximum absolute atomic E-state index is 13.3. The molecule has 5 rings (SSSR count). The minimum Gasteiger partial charge on any atom is -0.456 e. The average molecular weight is 437 g/mol. The summed E-state index contributed by atoms with van der Waals surface area (Å²) in [6.45, 7) is 4.90. The van der Waals surface area contributed by atoms with E-state index >= 15 is 0 Å². The molecule has 1 spiro atoms. The SMILES string of the molecule is CC1=C(N2CCC3(CCC(C[C@H](C)c4ccc(-n5cnnn5)cn4)CC3)C2=O)COC1=O. The number of aromatic nitrogens is 5. The first kappa shape index (κ1) is 20.8. The van der Waals surface area contributed by atoms with Gasteiger partial charge in [0.2, 0.25) is 5.91 Å². The van der Waals surface area contributed by atoms with Crippen molar-refractivity contribution in [2.45, 2.75) is 58.3 Å². The van der Waals surface area contributed by atoms with Gasteiger partial charge in [-0.3, -0.25) is 9.78 Å². The van der Waals surface area contributed by atoms with E-state index in [-0.39, 0.29) is 23.9 Å². The highest BCUT2D eigenvalue weighted by Gasteiger charge is 2.50. The molecule has 32 heavy (non-hydrogen) atoms. The summed E-state index contributed by atoms with van der Waals surface area (Å²) in [7, 11) is 0. The van der Waals surface area contributed by atoms with Crippen molar-refractivity contribution >= 4 is 11.9 Å². The van der Waals surface area contributed by atoms with E-state index in [0.717, 1.165) is 55.6 Å². The molecule has 1 saturated heterocycles. The molecule has 0 N–H and O–H groups in total. The van der Waals surface area contributed by atoms with E-state index in [0.29, 0.717) is 24.0 Å². The fourth-order valence-electron chi connectivity index (χ4n) is 5.48. The number of pyridine rings is 1. The summed E-state index contributed by atoms with van der Waals surface area (Å²) in [5.41, 5.74) is 3.00. The minimum absolute atomic E-state index is 0.191. The number of carbonyl (C=O) groups is 2. The van der Waals surface area contributed by atoms with Crippen LogP contribution in [0.4, 0.5) is 0 Å². The Kier molecular flexibility index (Phi) is 5.27. The van der Waals surface area contributed by atoms with Gasteiger partial charge in [-0.2, -0.15) is 4.68 Å². The summed E-state index contributed by atoms with van der Waals surface area (Å²) < 4.78 is 6.71. The van der Waals surface area contributed by atoms with Gasteiger partial charge in [-0.15, -0.1) is 5.10 Å². The first-order valence-electron chi connectivity index (χ1n) is 11.3. The highest BCUT2D eigenvalue weighted by Crippen LogP contribution is 2.49. The number of carbonyl (C=O) groups excluding carboxylic acids is 2. The van der Waals surface area contributed by atoms with Crippen LogP contribution in [-0.2, 0) is 14.3 Å². The normalized spacial score (nSPS) is 26.8. The number of amides is 1. The Morgan fingerprint density at radius 2 is 2.03 bits per heavy atom. The quantitative estimate of drug-likeness (QED) is 0.664. The molecule has 1 amide bonds. The molecule has 0 bridgehead atoms. The molecular formula is C23H28N6O3. The average Bonchev–Trinajstić information content (AvgIpc) is 3.53.